The Kier molecular flexibility index (Phi) is 3.31. The molecule has 0 aliphatic rings. The van der Waals surface area contributed by atoms with Gasteiger partial charge in [0.25, 0.3) is 5.56 Å². The number of rotatable bonds is 4. The molecular weight excluding hydrogens is 196 g/mol. The molecule has 0 aromatic carbocycles. The quantitative estimate of drug-likeness (QED) is 0.559. The lowest BCUT2D eigenvalue weighted by Gasteiger charge is -2.22. The first-order valence-electron chi connectivity index (χ1n) is 4.75. The van der Waals surface area contributed by atoms with Crippen LogP contribution in [0.4, 0.5) is 11.5 Å². The number of hydrogen-bond acceptors (Lipinski definition) is 5. The first kappa shape index (κ1) is 11.5. The zero-order chi connectivity index (χ0) is 11.5. The largest absolute Gasteiger partial charge is 0.391 e. The molecule has 1 unspecified atom stereocenters. The predicted octanol–water partition coefficient (Wildman–Crippen LogP) is -0.0750. The number of hydrogen-bond donors (Lipinski definition) is 4. The standard InChI is InChI=1S/C9H16N4O2/c1-3-9(2,15)4-11-7-6(10)8(14)13-5-12-7/h5,15H,3-4,10H2,1-2H3,(H2,11,12,13,14). The minimum atomic E-state index is -0.837. The molecule has 6 heteroatoms. The highest BCUT2D eigenvalue weighted by Gasteiger charge is 2.17. The second-order valence-corrected chi connectivity index (χ2v) is 3.70. The van der Waals surface area contributed by atoms with E-state index < -0.39 is 5.60 Å². The Morgan fingerprint density at radius 1 is 1.73 bits per heavy atom. The highest BCUT2D eigenvalue weighted by atomic mass is 16.3. The number of nitrogen functional groups attached to an aromatic ring is 1. The van der Waals surface area contributed by atoms with Crippen molar-refractivity contribution < 1.29 is 5.11 Å². The van der Waals surface area contributed by atoms with Gasteiger partial charge in [-0.2, -0.15) is 0 Å². The predicted molar refractivity (Wildman–Crippen MR) is 58.7 cm³/mol. The molecule has 0 saturated heterocycles. The summed E-state index contributed by atoms with van der Waals surface area (Å²) in [4.78, 5) is 17.3. The molecule has 1 atom stereocenters. The van der Waals surface area contributed by atoms with Gasteiger partial charge in [0.1, 0.15) is 5.69 Å². The van der Waals surface area contributed by atoms with Crippen molar-refractivity contribution >= 4 is 11.5 Å². The number of nitrogens with one attached hydrogen (secondary N) is 2. The third-order valence-electron chi connectivity index (χ3n) is 2.29. The fraction of sp³-hybridized carbons (Fsp3) is 0.556. The van der Waals surface area contributed by atoms with Gasteiger partial charge in [-0.05, 0) is 13.3 Å². The zero-order valence-corrected chi connectivity index (χ0v) is 8.87. The SMILES string of the molecule is CCC(C)(O)CNc1nc[nH]c(=O)c1N. The molecule has 1 heterocycles. The van der Waals surface area contributed by atoms with Crippen LogP contribution in [0.1, 0.15) is 20.3 Å². The molecule has 5 N–H and O–H groups in total. The summed E-state index contributed by atoms with van der Waals surface area (Å²) in [6.07, 6.45) is 1.87. The molecule has 6 nitrogen and oxygen atoms in total. The van der Waals surface area contributed by atoms with Crippen molar-refractivity contribution in [1.82, 2.24) is 9.97 Å². The Bertz CT molecular complexity index is 386. The summed E-state index contributed by atoms with van der Waals surface area (Å²) in [7, 11) is 0. The van der Waals surface area contributed by atoms with Crippen LogP contribution in [0, 0.1) is 0 Å². The van der Waals surface area contributed by atoms with Gasteiger partial charge in [-0.25, -0.2) is 4.98 Å². The molecular formula is C9H16N4O2. The Morgan fingerprint density at radius 3 is 3.00 bits per heavy atom. The van der Waals surface area contributed by atoms with E-state index in [1.807, 2.05) is 6.92 Å². The fourth-order valence-corrected chi connectivity index (χ4v) is 0.950. The van der Waals surface area contributed by atoms with Gasteiger partial charge in [0.15, 0.2) is 5.82 Å². The second kappa shape index (κ2) is 4.31. The molecule has 0 aliphatic heterocycles. The molecule has 0 saturated carbocycles. The van der Waals surface area contributed by atoms with Gasteiger partial charge in [0, 0.05) is 6.54 Å². The van der Waals surface area contributed by atoms with Crippen molar-refractivity contribution in [2.45, 2.75) is 25.9 Å². The maximum absolute atomic E-state index is 11.1. The number of H-pyrrole nitrogens is 1. The van der Waals surface area contributed by atoms with Gasteiger partial charge in [-0.15, -0.1) is 0 Å². The van der Waals surface area contributed by atoms with Crippen LogP contribution >= 0.6 is 0 Å². The number of aromatic amines is 1. The Hall–Kier alpha value is -1.56. The van der Waals surface area contributed by atoms with E-state index in [4.69, 9.17) is 5.73 Å². The Labute approximate surface area is 87.5 Å². The number of aromatic nitrogens is 2. The molecule has 0 amide bonds. The maximum atomic E-state index is 11.1. The molecule has 84 valence electrons. The smallest absolute Gasteiger partial charge is 0.276 e. The molecule has 0 bridgehead atoms. The van der Waals surface area contributed by atoms with Crippen molar-refractivity contribution in [3.63, 3.8) is 0 Å². The van der Waals surface area contributed by atoms with Crippen molar-refractivity contribution in [2.75, 3.05) is 17.6 Å². The monoisotopic (exact) mass is 212 g/mol. The summed E-state index contributed by atoms with van der Waals surface area (Å²) in [5, 5.41) is 12.6. The van der Waals surface area contributed by atoms with E-state index in [-0.39, 0.29) is 11.2 Å². The topological polar surface area (TPSA) is 104 Å². The number of nitrogens with zero attached hydrogens (tertiary/aromatic N) is 1. The minimum absolute atomic E-state index is 0.0319. The summed E-state index contributed by atoms with van der Waals surface area (Å²) in [6.45, 7) is 3.86. The highest BCUT2D eigenvalue weighted by Crippen LogP contribution is 2.12. The van der Waals surface area contributed by atoms with E-state index >= 15 is 0 Å². The van der Waals surface area contributed by atoms with E-state index in [9.17, 15) is 9.90 Å². The van der Waals surface area contributed by atoms with E-state index in [0.29, 0.717) is 18.8 Å². The third kappa shape index (κ3) is 2.95. The number of anilines is 2. The highest BCUT2D eigenvalue weighted by molar-refractivity contribution is 5.58. The van der Waals surface area contributed by atoms with E-state index in [1.165, 1.54) is 6.33 Å². The van der Waals surface area contributed by atoms with Gasteiger partial charge in [0.05, 0.1) is 11.9 Å². The van der Waals surface area contributed by atoms with Crippen LogP contribution in [0.25, 0.3) is 0 Å². The lowest BCUT2D eigenvalue weighted by Crippen LogP contribution is -2.33. The summed E-state index contributed by atoms with van der Waals surface area (Å²) in [5.41, 5.74) is 4.31. The average molecular weight is 212 g/mol. The molecule has 0 fully saturated rings. The van der Waals surface area contributed by atoms with Gasteiger partial charge in [0.2, 0.25) is 0 Å². The summed E-state index contributed by atoms with van der Waals surface area (Å²) in [5.74, 6) is 0.299. The van der Waals surface area contributed by atoms with E-state index in [1.54, 1.807) is 6.92 Å². The van der Waals surface area contributed by atoms with Crippen LogP contribution in [-0.4, -0.2) is 27.2 Å². The summed E-state index contributed by atoms with van der Waals surface area (Å²) < 4.78 is 0. The Balaban J connectivity index is 2.74. The average Bonchev–Trinajstić information content (AvgIpc) is 2.20. The second-order valence-electron chi connectivity index (χ2n) is 3.70. The van der Waals surface area contributed by atoms with Gasteiger partial charge < -0.3 is 21.1 Å². The molecule has 1 aromatic rings. The first-order chi connectivity index (χ1) is 6.96. The van der Waals surface area contributed by atoms with Crippen LogP contribution in [0.15, 0.2) is 11.1 Å². The molecule has 1 rings (SSSR count). The van der Waals surface area contributed by atoms with Gasteiger partial charge in [-0.1, -0.05) is 6.92 Å². The fourth-order valence-electron chi connectivity index (χ4n) is 0.950. The number of nitrogens with two attached hydrogens (primary N) is 1. The molecule has 0 radical (unpaired) electrons. The first-order valence-corrected chi connectivity index (χ1v) is 4.75. The number of aliphatic hydroxyl groups is 1. The van der Waals surface area contributed by atoms with Crippen molar-refractivity contribution in [3.05, 3.63) is 16.7 Å². The third-order valence-corrected chi connectivity index (χ3v) is 2.29. The van der Waals surface area contributed by atoms with Crippen LogP contribution in [0.2, 0.25) is 0 Å². The van der Waals surface area contributed by atoms with Gasteiger partial charge >= 0.3 is 0 Å². The van der Waals surface area contributed by atoms with E-state index in [0.717, 1.165) is 0 Å². The van der Waals surface area contributed by atoms with Crippen molar-refractivity contribution in [1.29, 1.82) is 0 Å². The molecule has 1 aromatic heterocycles. The van der Waals surface area contributed by atoms with Crippen LogP contribution in [0.5, 0.6) is 0 Å². The maximum Gasteiger partial charge on any atom is 0.276 e. The van der Waals surface area contributed by atoms with E-state index in [2.05, 4.69) is 15.3 Å². The van der Waals surface area contributed by atoms with Crippen molar-refractivity contribution in [2.24, 2.45) is 0 Å². The summed E-state index contributed by atoms with van der Waals surface area (Å²) >= 11 is 0. The lowest BCUT2D eigenvalue weighted by molar-refractivity contribution is 0.0697. The van der Waals surface area contributed by atoms with Crippen molar-refractivity contribution in [3.8, 4) is 0 Å². The lowest BCUT2D eigenvalue weighted by atomic mass is 10.0. The van der Waals surface area contributed by atoms with Crippen LogP contribution in [0.3, 0.4) is 0 Å². The minimum Gasteiger partial charge on any atom is -0.391 e. The van der Waals surface area contributed by atoms with Gasteiger partial charge in [-0.3, -0.25) is 4.79 Å². The molecule has 0 spiro atoms. The van der Waals surface area contributed by atoms with Crippen LogP contribution in [-0.2, 0) is 0 Å². The van der Waals surface area contributed by atoms with Crippen LogP contribution < -0.4 is 16.6 Å². The molecule has 0 aliphatic carbocycles. The molecule has 15 heavy (non-hydrogen) atoms. The zero-order valence-electron chi connectivity index (χ0n) is 8.87. The normalized spacial score (nSPS) is 14.6. The Morgan fingerprint density at radius 2 is 2.40 bits per heavy atom. The summed E-state index contributed by atoms with van der Waals surface area (Å²) in [6, 6.07) is 0.